The molecule has 2 N–H and O–H groups in total. The van der Waals surface area contributed by atoms with Gasteiger partial charge in [0.15, 0.2) is 35.1 Å². The van der Waals surface area contributed by atoms with E-state index < -0.39 is 30.3 Å². The molecule has 1 aromatic carbocycles. The quantitative estimate of drug-likeness (QED) is 0.301. The highest BCUT2D eigenvalue weighted by atomic mass is 16.8. The first kappa shape index (κ1) is 26.3. The highest BCUT2D eigenvalue weighted by Gasteiger charge is 2.58. The van der Waals surface area contributed by atoms with Crippen molar-refractivity contribution < 1.29 is 23.7 Å². The second-order valence-electron chi connectivity index (χ2n) is 11.4. The van der Waals surface area contributed by atoms with E-state index in [1.165, 1.54) is 22.8 Å². The minimum absolute atomic E-state index is 0.170. The van der Waals surface area contributed by atoms with Crippen LogP contribution in [0.3, 0.4) is 0 Å². The summed E-state index contributed by atoms with van der Waals surface area (Å²) in [5.41, 5.74) is 3.67. The lowest BCUT2D eigenvalue weighted by atomic mass is 10.1. The zero-order valence-electron chi connectivity index (χ0n) is 23.4. The molecule has 2 saturated heterocycles. The third kappa shape index (κ3) is 4.94. The lowest BCUT2D eigenvalue weighted by Gasteiger charge is -2.24. The molecule has 1 saturated carbocycles. The fourth-order valence-electron chi connectivity index (χ4n) is 5.90. The van der Waals surface area contributed by atoms with Crippen molar-refractivity contribution in [2.24, 2.45) is 0 Å². The van der Waals surface area contributed by atoms with Crippen LogP contribution < -0.4 is 10.6 Å². The molecule has 216 valence electrons. The number of carbonyl (C=O) groups is 1. The van der Waals surface area contributed by atoms with Gasteiger partial charge in [-0.3, -0.25) is 9.36 Å². The number of methoxy groups -OCH3 is 1. The number of carbonyl (C=O) groups excluding carboxylic acids is 1. The van der Waals surface area contributed by atoms with Gasteiger partial charge in [0.25, 0.3) is 5.91 Å². The van der Waals surface area contributed by atoms with Gasteiger partial charge in [-0.05, 0) is 44.7 Å². The van der Waals surface area contributed by atoms with Gasteiger partial charge in [0.2, 0.25) is 0 Å². The summed E-state index contributed by atoms with van der Waals surface area (Å²) in [4.78, 5) is 26.6. The van der Waals surface area contributed by atoms with Crippen LogP contribution in [0.15, 0.2) is 43.1 Å². The summed E-state index contributed by atoms with van der Waals surface area (Å²) in [6, 6.07) is 8.64. The smallest absolute Gasteiger partial charge is 0.252 e. The summed E-state index contributed by atoms with van der Waals surface area (Å²) in [5, 5.41) is 7.72. The number of benzene rings is 1. The fraction of sp³-hybridized carbons (Fsp3) is 0.517. The Bertz CT molecular complexity index is 1580. The standard InChI is InChI=1S/C29H35N7O5/c1-29(2)40-22-23(27(37)34-18-8-9-18)39-28(24(22)41-29)36-16-33-21-25(31-15-32-26(21)36)30-11-10-17-14-35(12-13-38-3)20-7-5-4-6-19(17)20/h4-7,14-16,18,22-24,28H,8-13H2,1-3H3,(H,34,37)(H,30,31,32)/t22-,23+,24-,28-/m1/s1. The summed E-state index contributed by atoms with van der Waals surface area (Å²) in [6.07, 6.45) is 5.75. The van der Waals surface area contributed by atoms with E-state index in [9.17, 15) is 4.79 Å². The van der Waals surface area contributed by atoms with Crippen molar-refractivity contribution in [1.82, 2.24) is 29.4 Å². The van der Waals surface area contributed by atoms with E-state index >= 15 is 0 Å². The van der Waals surface area contributed by atoms with Crippen molar-refractivity contribution >= 4 is 33.8 Å². The molecule has 0 spiro atoms. The van der Waals surface area contributed by atoms with Crippen LogP contribution in [-0.4, -0.2) is 80.4 Å². The first-order valence-electron chi connectivity index (χ1n) is 14.2. The summed E-state index contributed by atoms with van der Waals surface area (Å²) in [6.45, 7) is 5.82. The summed E-state index contributed by atoms with van der Waals surface area (Å²) >= 11 is 0. The number of hydrogen-bond acceptors (Lipinski definition) is 9. The van der Waals surface area contributed by atoms with Crippen LogP contribution in [0.25, 0.3) is 22.1 Å². The molecule has 1 amide bonds. The Morgan fingerprint density at radius 3 is 2.80 bits per heavy atom. The van der Waals surface area contributed by atoms with Crippen molar-refractivity contribution in [3.8, 4) is 0 Å². The number of nitrogens with one attached hydrogen (secondary N) is 2. The number of para-hydroxylation sites is 1. The molecule has 3 aliphatic rings. The average molecular weight is 562 g/mol. The second kappa shape index (κ2) is 10.4. The number of rotatable bonds is 10. The molecular formula is C29H35N7O5. The van der Waals surface area contributed by atoms with Gasteiger partial charge in [-0.1, -0.05) is 18.2 Å². The molecule has 0 unspecified atom stereocenters. The molecule has 0 bridgehead atoms. The van der Waals surface area contributed by atoms with Gasteiger partial charge < -0.3 is 34.1 Å². The predicted octanol–water partition coefficient (Wildman–Crippen LogP) is 2.78. The normalized spacial score (nSPS) is 25.1. The predicted molar refractivity (Wildman–Crippen MR) is 150 cm³/mol. The van der Waals surface area contributed by atoms with Gasteiger partial charge in [0.05, 0.1) is 12.9 Å². The molecule has 3 fully saturated rings. The van der Waals surface area contributed by atoms with E-state index in [-0.39, 0.29) is 11.9 Å². The second-order valence-corrected chi connectivity index (χ2v) is 11.4. The maximum absolute atomic E-state index is 13.0. The van der Waals surface area contributed by atoms with Gasteiger partial charge in [-0.25, -0.2) is 15.0 Å². The van der Waals surface area contributed by atoms with E-state index in [0.717, 1.165) is 25.8 Å². The lowest BCUT2D eigenvalue weighted by Crippen LogP contribution is -2.43. The third-order valence-corrected chi connectivity index (χ3v) is 7.94. The number of anilines is 1. The van der Waals surface area contributed by atoms with Crippen LogP contribution >= 0.6 is 0 Å². The van der Waals surface area contributed by atoms with E-state index in [1.807, 2.05) is 18.4 Å². The summed E-state index contributed by atoms with van der Waals surface area (Å²) in [5.74, 6) is -0.366. The van der Waals surface area contributed by atoms with E-state index in [2.05, 4.69) is 60.6 Å². The van der Waals surface area contributed by atoms with Gasteiger partial charge in [0, 0.05) is 43.3 Å². The molecule has 5 heterocycles. The first-order chi connectivity index (χ1) is 19.9. The Kier molecular flexibility index (Phi) is 6.65. The summed E-state index contributed by atoms with van der Waals surface area (Å²) < 4.78 is 28.0. The number of fused-ring (bicyclic) bond motifs is 3. The van der Waals surface area contributed by atoms with Crippen molar-refractivity contribution in [2.45, 2.75) is 76.0 Å². The Labute approximate surface area is 237 Å². The van der Waals surface area contributed by atoms with Crippen LogP contribution in [0.5, 0.6) is 0 Å². The van der Waals surface area contributed by atoms with Crippen molar-refractivity contribution in [2.75, 3.05) is 25.6 Å². The number of amides is 1. The van der Waals surface area contributed by atoms with Crippen LogP contribution in [0.4, 0.5) is 5.82 Å². The van der Waals surface area contributed by atoms with E-state index in [0.29, 0.717) is 30.1 Å². The largest absolute Gasteiger partial charge is 0.383 e. The minimum Gasteiger partial charge on any atom is -0.383 e. The molecule has 1 aliphatic carbocycles. The average Bonchev–Trinajstić information content (AvgIpc) is 3.26. The van der Waals surface area contributed by atoms with Gasteiger partial charge in [-0.2, -0.15) is 0 Å². The van der Waals surface area contributed by atoms with E-state index in [4.69, 9.17) is 18.9 Å². The van der Waals surface area contributed by atoms with Gasteiger partial charge in [0.1, 0.15) is 18.5 Å². The molecule has 3 aromatic heterocycles. The topological polar surface area (TPSA) is 127 Å². The molecule has 0 radical (unpaired) electrons. The number of aromatic nitrogens is 5. The summed E-state index contributed by atoms with van der Waals surface area (Å²) in [7, 11) is 1.72. The monoisotopic (exact) mass is 561 g/mol. The Morgan fingerprint density at radius 2 is 1.98 bits per heavy atom. The molecule has 2 aliphatic heterocycles. The van der Waals surface area contributed by atoms with Crippen molar-refractivity contribution in [3.05, 3.63) is 48.7 Å². The SMILES string of the molecule is COCCn1cc(CCNc2ncnc3c2ncn3[C@@H]2O[C@H](C(=O)NC3CC3)[C@H]3OC(C)(C)O[C@H]32)c2ccccc21. The van der Waals surface area contributed by atoms with Crippen molar-refractivity contribution in [1.29, 1.82) is 0 Å². The molecule has 12 nitrogen and oxygen atoms in total. The molecule has 4 atom stereocenters. The van der Waals surface area contributed by atoms with E-state index in [1.54, 1.807) is 13.4 Å². The molecule has 4 aromatic rings. The van der Waals surface area contributed by atoms with Gasteiger partial charge >= 0.3 is 0 Å². The van der Waals surface area contributed by atoms with Crippen LogP contribution in [0.2, 0.25) is 0 Å². The number of imidazole rings is 1. The first-order valence-corrected chi connectivity index (χ1v) is 14.2. The molecule has 7 rings (SSSR count). The number of nitrogens with zero attached hydrogens (tertiary/aromatic N) is 5. The third-order valence-electron chi connectivity index (χ3n) is 7.94. The number of hydrogen-bond donors (Lipinski definition) is 2. The number of ether oxygens (including phenoxy) is 4. The minimum atomic E-state index is -0.833. The molecule has 12 heteroatoms. The highest BCUT2D eigenvalue weighted by Crippen LogP contribution is 2.44. The molecular weight excluding hydrogens is 526 g/mol. The van der Waals surface area contributed by atoms with Crippen LogP contribution in [0.1, 0.15) is 38.5 Å². The Balaban J connectivity index is 1.10. The Hall–Kier alpha value is -3.58. The lowest BCUT2D eigenvalue weighted by molar-refractivity contribution is -0.197. The maximum Gasteiger partial charge on any atom is 0.252 e. The van der Waals surface area contributed by atoms with Crippen LogP contribution in [0, 0.1) is 0 Å². The molecule has 41 heavy (non-hydrogen) atoms. The van der Waals surface area contributed by atoms with Crippen molar-refractivity contribution in [3.63, 3.8) is 0 Å². The van der Waals surface area contributed by atoms with Crippen LogP contribution in [-0.2, 0) is 36.7 Å². The Morgan fingerprint density at radius 1 is 1.15 bits per heavy atom. The highest BCUT2D eigenvalue weighted by molar-refractivity contribution is 5.85. The zero-order valence-corrected chi connectivity index (χ0v) is 23.4. The van der Waals surface area contributed by atoms with Gasteiger partial charge in [-0.15, -0.1) is 0 Å². The zero-order chi connectivity index (χ0) is 28.1. The fourth-order valence-corrected chi connectivity index (χ4v) is 5.90. The maximum atomic E-state index is 13.0.